The Balaban J connectivity index is 1.62. The first kappa shape index (κ1) is 16.7. The number of hydrogen-bond donors (Lipinski definition) is 0. The van der Waals surface area contributed by atoms with Gasteiger partial charge in [-0.25, -0.2) is 0 Å². The largest absolute Gasteiger partial charge is 0.342 e. The van der Waals surface area contributed by atoms with Gasteiger partial charge in [-0.2, -0.15) is 4.98 Å². The standard InChI is InChI=1S/C19H25N3O2/c1-13-6-5-7-14(10-13)8-9-22-12-15(11-16(22)23)17-20-18(21-24-17)19(2,3)4/h5-7,10,15H,8-9,11-12H2,1-4H3. The van der Waals surface area contributed by atoms with Crippen molar-refractivity contribution in [3.63, 3.8) is 0 Å². The van der Waals surface area contributed by atoms with Crippen molar-refractivity contribution < 1.29 is 9.32 Å². The Hall–Kier alpha value is -2.17. The van der Waals surface area contributed by atoms with Crippen LogP contribution in [0.4, 0.5) is 0 Å². The van der Waals surface area contributed by atoms with Crippen molar-refractivity contribution in [2.24, 2.45) is 0 Å². The number of carbonyl (C=O) groups is 1. The van der Waals surface area contributed by atoms with Crippen molar-refractivity contribution in [3.05, 3.63) is 47.1 Å². The van der Waals surface area contributed by atoms with Crippen LogP contribution in [0.25, 0.3) is 0 Å². The van der Waals surface area contributed by atoms with Crippen molar-refractivity contribution in [1.29, 1.82) is 0 Å². The number of likely N-dealkylation sites (tertiary alicyclic amines) is 1. The van der Waals surface area contributed by atoms with Gasteiger partial charge in [0.2, 0.25) is 11.8 Å². The normalized spacial score (nSPS) is 18.4. The lowest BCUT2D eigenvalue weighted by atomic mass is 9.96. The topological polar surface area (TPSA) is 59.2 Å². The van der Waals surface area contributed by atoms with Crippen LogP contribution in [0.15, 0.2) is 28.8 Å². The third-order valence-corrected chi connectivity index (χ3v) is 4.43. The number of rotatable bonds is 4. The van der Waals surface area contributed by atoms with E-state index in [1.807, 2.05) is 4.90 Å². The van der Waals surface area contributed by atoms with Crippen molar-refractivity contribution in [2.45, 2.75) is 51.9 Å². The molecule has 1 fully saturated rings. The quantitative estimate of drug-likeness (QED) is 0.865. The smallest absolute Gasteiger partial charge is 0.232 e. The summed E-state index contributed by atoms with van der Waals surface area (Å²) in [5.41, 5.74) is 2.37. The highest BCUT2D eigenvalue weighted by atomic mass is 16.5. The van der Waals surface area contributed by atoms with Crippen LogP contribution in [0, 0.1) is 6.92 Å². The summed E-state index contributed by atoms with van der Waals surface area (Å²) in [7, 11) is 0. The van der Waals surface area contributed by atoms with Gasteiger partial charge in [0.1, 0.15) is 0 Å². The van der Waals surface area contributed by atoms with E-state index >= 15 is 0 Å². The highest BCUT2D eigenvalue weighted by molar-refractivity contribution is 5.79. The summed E-state index contributed by atoms with van der Waals surface area (Å²) in [6.45, 7) is 9.64. The molecule has 0 aliphatic carbocycles. The monoisotopic (exact) mass is 327 g/mol. The van der Waals surface area contributed by atoms with Gasteiger partial charge in [0.25, 0.3) is 0 Å². The fraction of sp³-hybridized carbons (Fsp3) is 0.526. The fourth-order valence-corrected chi connectivity index (χ4v) is 2.99. The molecule has 1 amide bonds. The molecule has 0 radical (unpaired) electrons. The van der Waals surface area contributed by atoms with E-state index in [-0.39, 0.29) is 17.2 Å². The molecule has 128 valence electrons. The SMILES string of the molecule is Cc1cccc(CCN2CC(c3nc(C(C)(C)C)no3)CC2=O)c1. The van der Waals surface area contributed by atoms with Crippen LogP contribution in [0.1, 0.15) is 56.0 Å². The lowest BCUT2D eigenvalue weighted by molar-refractivity contribution is -0.127. The number of benzene rings is 1. The fourth-order valence-electron chi connectivity index (χ4n) is 2.99. The van der Waals surface area contributed by atoms with Gasteiger partial charge in [-0.1, -0.05) is 55.8 Å². The zero-order chi connectivity index (χ0) is 17.3. The number of aryl methyl sites for hydroxylation is 1. The molecule has 1 saturated heterocycles. The molecular formula is C19H25N3O2. The van der Waals surface area contributed by atoms with Gasteiger partial charge < -0.3 is 9.42 Å². The zero-order valence-corrected chi connectivity index (χ0v) is 14.9. The Kier molecular flexibility index (Phi) is 4.43. The molecule has 1 aliphatic heterocycles. The minimum absolute atomic E-state index is 0.0126. The number of aromatic nitrogens is 2. The first-order valence-electron chi connectivity index (χ1n) is 8.50. The summed E-state index contributed by atoms with van der Waals surface area (Å²) in [4.78, 5) is 18.7. The van der Waals surface area contributed by atoms with Crippen molar-refractivity contribution in [2.75, 3.05) is 13.1 Å². The van der Waals surface area contributed by atoms with E-state index in [4.69, 9.17) is 4.52 Å². The molecule has 5 nitrogen and oxygen atoms in total. The summed E-state index contributed by atoms with van der Waals surface area (Å²) in [5.74, 6) is 1.47. The van der Waals surface area contributed by atoms with Gasteiger partial charge in [-0.05, 0) is 18.9 Å². The summed E-state index contributed by atoms with van der Waals surface area (Å²) >= 11 is 0. The molecule has 5 heteroatoms. The summed E-state index contributed by atoms with van der Waals surface area (Å²) < 4.78 is 5.41. The first-order chi connectivity index (χ1) is 11.3. The Morgan fingerprint density at radius 1 is 1.33 bits per heavy atom. The van der Waals surface area contributed by atoms with Crippen molar-refractivity contribution in [3.8, 4) is 0 Å². The second kappa shape index (κ2) is 6.38. The van der Waals surface area contributed by atoms with Gasteiger partial charge >= 0.3 is 0 Å². The molecule has 0 N–H and O–H groups in total. The Labute approximate surface area is 143 Å². The maximum Gasteiger partial charge on any atom is 0.232 e. The average Bonchev–Trinajstić information content (AvgIpc) is 3.11. The molecule has 3 rings (SSSR count). The van der Waals surface area contributed by atoms with E-state index in [1.165, 1.54) is 11.1 Å². The Bertz CT molecular complexity index is 730. The van der Waals surface area contributed by atoms with Crippen LogP contribution >= 0.6 is 0 Å². The van der Waals surface area contributed by atoms with E-state index < -0.39 is 0 Å². The van der Waals surface area contributed by atoms with E-state index in [1.54, 1.807) is 0 Å². The minimum Gasteiger partial charge on any atom is -0.342 e. The molecule has 0 saturated carbocycles. The van der Waals surface area contributed by atoms with Gasteiger partial charge in [-0.3, -0.25) is 4.79 Å². The highest BCUT2D eigenvalue weighted by Gasteiger charge is 2.34. The average molecular weight is 327 g/mol. The third kappa shape index (κ3) is 3.66. The zero-order valence-electron chi connectivity index (χ0n) is 14.9. The molecule has 0 spiro atoms. The number of carbonyl (C=O) groups excluding carboxylic acids is 1. The molecule has 1 aromatic heterocycles. The molecule has 2 heterocycles. The molecular weight excluding hydrogens is 302 g/mol. The van der Waals surface area contributed by atoms with Gasteiger partial charge in [0, 0.05) is 24.9 Å². The van der Waals surface area contributed by atoms with Gasteiger partial charge in [0.05, 0.1) is 5.92 Å². The maximum absolute atomic E-state index is 12.3. The highest BCUT2D eigenvalue weighted by Crippen LogP contribution is 2.29. The van der Waals surface area contributed by atoms with Crippen LogP contribution < -0.4 is 0 Å². The van der Waals surface area contributed by atoms with E-state index in [9.17, 15) is 4.79 Å². The minimum atomic E-state index is -0.144. The van der Waals surface area contributed by atoms with E-state index in [0.29, 0.717) is 24.7 Å². The molecule has 1 atom stereocenters. The maximum atomic E-state index is 12.3. The first-order valence-corrected chi connectivity index (χ1v) is 8.50. The molecule has 2 aromatic rings. The van der Waals surface area contributed by atoms with Crippen molar-refractivity contribution >= 4 is 5.91 Å². The van der Waals surface area contributed by atoms with Crippen LogP contribution in [0.3, 0.4) is 0 Å². The number of nitrogens with zero attached hydrogens (tertiary/aromatic N) is 3. The molecule has 1 unspecified atom stereocenters. The summed E-state index contributed by atoms with van der Waals surface area (Å²) in [6.07, 6.45) is 1.33. The lowest BCUT2D eigenvalue weighted by Gasteiger charge is -2.16. The summed E-state index contributed by atoms with van der Waals surface area (Å²) in [5, 5.41) is 4.07. The van der Waals surface area contributed by atoms with Crippen LogP contribution in [-0.2, 0) is 16.6 Å². The van der Waals surface area contributed by atoms with Crippen LogP contribution in [-0.4, -0.2) is 34.0 Å². The van der Waals surface area contributed by atoms with E-state index in [0.717, 1.165) is 13.0 Å². The third-order valence-electron chi connectivity index (χ3n) is 4.43. The second-order valence-corrected chi connectivity index (χ2v) is 7.69. The van der Waals surface area contributed by atoms with Crippen LogP contribution in [0.2, 0.25) is 0 Å². The number of amides is 1. The van der Waals surface area contributed by atoms with Crippen LogP contribution in [0.5, 0.6) is 0 Å². The lowest BCUT2D eigenvalue weighted by Crippen LogP contribution is -2.27. The Morgan fingerprint density at radius 2 is 2.12 bits per heavy atom. The predicted octanol–water partition coefficient (Wildman–Crippen LogP) is 3.23. The molecule has 24 heavy (non-hydrogen) atoms. The predicted molar refractivity (Wildman–Crippen MR) is 91.8 cm³/mol. The molecule has 0 bridgehead atoms. The van der Waals surface area contributed by atoms with E-state index in [2.05, 4.69) is 62.1 Å². The second-order valence-electron chi connectivity index (χ2n) is 7.69. The van der Waals surface area contributed by atoms with Crippen molar-refractivity contribution in [1.82, 2.24) is 15.0 Å². The van der Waals surface area contributed by atoms with Gasteiger partial charge in [-0.15, -0.1) is 0 Å². The van der Waals surface area contributed by atoms with Gasteiger partial charge in [0.15, 0.2) is 5.82 Å². The number of hydrogen-bond acceptors (Lipinski definition) is 4. The molecule has 1 aromatic carbocycles. The summed E-state index contributed by atoms with van der Waals surface area (Å²) in [6, 6.07) is 8.43. The molecule has 1 aliphatic rings. The Morgan fingerprint density at radius 3 is 2.79 bits per heavy atom.